The second-order valence-corrected chi connectivity index (χ2v) is 6.78. The summed E-state index contributed by atoms with van der Waals surface area (Å²) in [5.41, 5.74) is 0.408. The molecule has 8 nitrogen and oxygen atoms in total. The fourth-order valence-electron chi connectivity index (χ4n) is 2.60. The van der Waals surface area contributed by atoms with Gasteiger partial charge in [0.15, 0.2) is 0 Å². The zero-order chi connectivity index (χ0) is 23.1. The number of carbonyl (C=O) groups excluding carboxylic acids is 2. The molecule has 0 aromatic heterocycles. The summed E-state index contributed by atoms with van der Waals surface area (Å²) >= 11 is 5.98. The highest BCUT2D eigenvalue weighted by atomic mass is 35.5. The number of halogens is 1. The number of nitrogens with zero attached hydrogens (tertiary/aromatic N) is 2. The van der Waals surface area contributed by atoms with Gasteiger partial charge in [-0.05, 0) is 42.0 Å². The third-order valence-corrected chi connectivity index (χ3v) is 4.51. The maximum Gasteiger partial charge on any atom is 0.343 e. The largest absolute Gasteiger partial charge is 0.423 e. The lowest BCUT2D eigenvalue weighted by Gasteiger charge is -2.07. The first-order chi connectivity index (χ1) is 15.4. The van der Waals surface area contributed by atoms with E-state index in [1.807, 2.05) is 0 Å². The third-order valence-electron chi connectivity index (χ3n) is 4.19. The molecule has 0 atom stereocenters. The maximum atomic E-state index is 12.5. The predicted molar refractivity (Wildman–Crippen MR) is 118 cm³/mol. The molecule has 9 heteroatoms. The lowest BCUT2D eigenvalue weighted by molar-refractivity contribution is -0.384. The normalized spacial score (nSPS) is 10.7. The van der Waals surface area contributed by atoms with Crippen LogP contribution in [0.5, 0.6) is 5.75 Å². The van der Waals surface area contributed by atoms with Gasteiger partial charge in [0.2, 0.25) is 0 Å². The summed E-state index contributed by atoms with van der Waals surface area (Å²) in [4.78, 5) is 34.8. The van der Waals surface area contributed by atoms with Crippen molar-refractivity contribution in [3.8, 4) is 11.8 Å². The molecule has 1 N–H and O–H groups in total. The molecule has 0 fully saturated rings. The second kappa shape index (κ2) is 10.0. The van der Waals surface area contributed by atoms with E-state index in [4.69, 9.17) is 16.3 Å². The molecule has 0 saturated heterocycles. The molecule has 32 heavy (non-hydrogen) atoms. The van der Waals surface area contributed by atoms with Crippen molar-refractivity contribution in [3.63, 3.8) is 0 Å². The summed E-state index contributed by atoms with van der Waals surface area (Å²) in [5, 5.41) is 22.8. The number of non-ortho nitro benzene ring substituents is 1. The third kappa shape index (κ3) is 5.56. The Morgan fingerprint density at radius 3 is 2.38 bits per heavy atom. The number of nitrogens with one attached hydrogen (secondary N) is 1. The molecular formula is C23H14ClN3O5. The van der Waals surface area contributed by atoms with Gasteiger partial charge in [-0.15, -0.1) is 0 Å². The molecule has 0 bridgehead atoms. The molecule has 0 aliphatic carbocycles. The Morgan fingerprint density at radius 1 is 1.06 bits per heavy atom. The maximum absolute atomic E-state index is 12.5. The van der Waals surface area contributed by atoms with Crippen LogP contribution in [0.2, 0.25) is 5.02 Å². The average molecular weight is 448 g/mol. The first-order valence-electron chi connectivity index (χ1n) is 9.12. The van der Waals surface area contributed by atoms with Gasteiger partial charge in [0, 0.05) is 12.1 Å². The van der Waals surface area contributed by atoms with Crippen LogP contribution in [0.15, 0.2) is 78.4 Å². The number of rotatable bonds is 6. The van der Waals surface area contributed by atoms with Gasteiger partial charge in [-0.1, -0.05) is 41.9 Å². The number of anilines is 1. The van der Waals surface area contributed by atoms with Crippen LogP contribution < -0.4 is 10.1 Å². The Labute approximate surface area is 187 Å². The van der Waals surface area contributed by atoms with Crippen LogP contribution in [0.1, 0.15) is 15.9 Å². The predicted octanol–water partition coefficient (Wildman–Crippen LogP) is 5.01. The van der Waals surface area contributed by atoms with Gasteiger partial charge in [0.05, 0.1) is 21.2 Å². The van der Waals surface area contributed by atoms with E-state index in [0.717, 1.165) is 6.07 Å². The fourth-order valence-corrected chi connectivity index (χ4v) is 2.76. The van der Waals surface area contributed by atoms with Crippen LogP contribution in [0.25, 0.3) is 6.08 Å². The Kier molecular flexibility index (Phi) is 6.95. The van der Waals surface area contributed by atoms with Crippen molar-refractivity contribution >= 4 is 40.9 Å². The van der Waals surface area contributed by atoms with Crippen molar-refractivity contribution in [2.75, 3.05) is 5.32 Å². The van der Waals surface area contributed by atoms with E-state index in [1.165, 1.54) is 30.3 Å². The fraction of sp³-hybridized carbons (Fsp3) is 0. The quantitative estimate of drug-likeness (QED) is 0.141. The van der Waals surface area contributed by atoms with Crippen molar-refractivity contribution in [1.82, 2.24) is 0 Å². The highest BCUT2D eigenvalue weighted by Crippen LogP contribution is 2.27. The number of amides is 1. The molecule has 3 rings (SSSR count). The minimum atomic E-state index is -0.783. The summed E-state index contributed by atoms with van der Waals surface area (Å²) in [6.45, 7) is 0. The van der Waals surface area contributed by atoms with E-state index in [2.05, 4.69) is 5.32 Å². The topological polar surface area (TPSA) is 122 Å². The van der Waals surface area contributed by atoms with Crippen molar-refractivity contribution < 1.29 is 19.2 Å². The smallest absolute Gasteiger partial charge is 0.343 e. The van der Waals surface area contributed by atoms with Gasteiger partial charge in [-0.2, -0.15) is 5.26 Å². The number of ether oxygens (including phenoxy) is 1. The van der Waals surface area contributed by atoms with Gasteiger partial charge in [-0.25, -0.2) is 4.79 Å². The van der Waals surface area contributed by atoms with Crippen molar-refractivity contribution in [3.05, 3.63) is 105 Å². The van der Waals surface area contributed by atoms with Gasteiger partial charge >= 0.3 is 5.97 Å². The number of nitro benzene ring substituents is 1. The zero-order valence-corrected chi connectivity index (χ0v) is 17.1. The van der Waals surface area contributed by atoms with Gasteiger partial charge in [0.1, 0.15) is 17.4 Å². The summed E-state index contributed by atoms with van der Waals surface area (Å²) < 4.78 is 5.28. The molecule has 3 aromatic rings. The number of nitro groups is 1. The minimum absolute atomic E-state index is 0.00943. The number of benzene rings is 3. The average Bonchev–Trinajstić information content (AvgIpc) is 2.80. The monoisotopic (exact) mass is 447 g/mol. The molecule has 0 spiro atoms. The number of hydrogen-bond donors (Lipinski definition) is 1. The van der Waals surface area contributed by atoms with Gasteiger partial charge < -0.3 is 10.1 Å². The summed E-state index contributed by atoms with van der Waals surface area (Å²) in [6.07, 6.45) is 1.32. The van der Waals surface area contributed by atoms with Crippen LogP contribution in [-0.4, -0.2) is 16.8 Å². The van der Waals surface area contributed by atoms with Crippen LogP contribution in [0.4, 0.5) is 11.4 Å². The highest BCUT2D eigenvalue weighted by Gasteiger charge is 2.15. The molecule has 0 saturated carbocycles. The number of nitriles is 1. The number of esters is 1. The molecule has 158 valence electrons. The molecule has 0 unspecified atom stereocenters. The summed E-state index contributed by atoms with van der Waals surface area (Å²) in [7, 11) is 0. The van der Waals surface area contributed by atoms with E-state index in [0.29, 0.717) is 16.9 Å². The Balaban J connectivity index is 1.73. The highest BCUT2D eigenvalue weighted by molar-refractivity contribution is 6.34. The first-order valence-corrected chi connectivity index (χ1v) is 9.49. The van der Waals surface area contributed by atoms with E-state index < -0.39 is 16.8 Å². The molecular weight excluding hydrogens is 434 g/mol. The van der Waals surface area contributed by atoms with E-state index >= 15 is 0 Å². The van der Waals surface area contributed by atoms with Crippen LogP contribution in [-0.2, 0) is 4.79 Å². The van der Waals surface area contributed by atoms with Gasteiger partial charge in [0.25, 0.3) is 11.6 Å². The summed E-state index contributed by atoms with van der Waals surface area (Å²) in [5.74, 6) is -1.00. The Bertz CT molecular complexity index is 1250. The lowest BCUT2D eigenvalue weighted by Crippen LogP contribution is -2.14. The Morgan fingerprint density at radius 2 is 1.75 bits per heavy atom. The van der Waals surface area contributed by atoms with Crippen molar-refractivity contribution in [1.29, 1.82) is 5.26 Å². The van der Waals surface area contributed by atoms with Crippen LogP contribution in [0, 0.1) is 21.4 Å². The summed E-state index contributed by atoms with van der Waals surface area (Å²) in [6, 6.07) is 20.0. The SMILES string of the molecule is N#C/C(=C\c1ccc(OC(=O)c2ccccc2)cc1)C(=O)Nc1cc([N+](=O)[O-])ccc1Cl. The molecule has 0 aliphatic heterocycles. The molecule has 0 radical (unpaired) electrons. The van der Waals surface area contributed by atoms with Crippen LogP contribution >= 0.6 is 11.6 Å². The molecule has 0 heterocycles. The van der Waals surface area contributed by atoms with Crippen molar-refractivity contribution in [2.45, 2.75) is 0 Å². The molecule has 3 aromatic carbocycles. The minimum Gasteiger partial charge on any atom is -0.423 e. The second-order valence-electron chi connectivity index (χ2n) is 6.37. The lowest BCUT2D eigenvalue weighted by atomic mass is 10.1. The number of carbonyl (C=O) groups is 2. The van der Waals surface area contributed by atoms with Crippen molar-refractivity contribution in [2.24, 2.45) is 0 Å². The molecule has 0 aliphatic rings. The van der Waals surface area contributed by atoms with E-state index in [-0.39, 0.29) is 22.0 Å². The zero-order valence-electron chi connectivity index (χ0n) is 16.3. The molecule has 1 amide bonds. The van der Waals surface area contributed by atoms with Crippen LogP contribution in [0.3, 0.4) is 0 Å². The van der Waals surface area contributed by atoms with Gasteiger partial charge in [-0.3, -0.25) is 14.9 Å². The number of hydrogen-bond acceptors (Lipinski definition) is 6. The Hall–Kier alpha value is -4.48. The van der Waals surface area contributed by atoms with E-state index in [9.17, 15) is 25.0 Å². The first kappa shape index (κ1) is 22.2. The van der Waals surface area contributed by atoms with E-state index in [1.54, 1.807) is 48.5 Å². The standard InChI is InChI=1S/C23H14ClN3O5/c24-20-11-8-18(27(30)31)13-21(20)26-22(28)17(14-25)12-15-6-9-19(10-7-15)32-23(29)16-4-2-1-3-5-16/h1-13H,(H,26,28)/b17-12+.